The van der Waals surface area contributed by atoms with Gasteiger partial charge in [0.25, 0.3) is 0 Å². The number of likely N-dealkylation sites (N-methyl/N-ethyl adjacent to an activating group) is 1. The van der Waals surface area contributed by atoms with Crippen molar-refractivity contribution in [2.75, 3.05) is 13.6 Å². The maximum atomic E-state index is 5.97. The molecular weight excluding hydrogens is 386 g/mol. The van der Waals surface area contributed by atoms with E-state index in [0.717, 1.165) is 30.1 Å². The van der Waals surface area contributed by atoms with Crippen molar-refractivity contribution < 1.29 is 9.15 Å². The molecule has 2 heterocycles. The Bertz CT molecular complexity index is 1050. The minimum Gasteiger partial charge on any atom is -0.487 e. The molecule has 5 heteroatoms. The van der Waals surface area contributed by atoms with Crippen LogP contribution in [0.2, 0.25) is 0 Å². The lowest BCUT2D eigenvalue weighted by Gasteiger charge is -2.15. The number of ether oxygens (including phenoxy) is 1. The Hall–Kier alpha value is -3.36. The molecule has 0 atom stereocenters. The molecule has 0 radical (unpaired) electrons. The SMILES string of the molecule is CN(C/C=C/C#CC(C)(C)C)Cc1cccc(OCc2cc(-c3cnco3)ccn2)c1. The minimum atomic E-state index is 0.0312. The van der Waals surface area contributed by atoms with E-state index in [9.17, 15) is 0 Å². The number of oxazole rings is 1. The number of aromatic nitrogens is 2. The molecule has 0 aliphatic carbocycles. The van der Waals surface area contributed by atoms with Crippen LogP contribution in [-0.2, 0) is 13.2 Å². The number of pyridine rings is 1. The van der Waals surface area contributed by atoms with Crippen molar-refractivity contribution in [2.45, 2.75) is 33.9 Å². The first-order valence-electron chi connectivity index (χ1n) is 10.3. The molecule has 0 unspecified atom stereocenters. The standard InChI is InChI=1S/C26H29N3O2/c1-26(2,3)12-6-5-7-14-29(4)18-21-9-8-10-24(15-21)30-19-23-16-22(11-13-28-23)25-17-27-20-31-25/h5,7-11,13,15-17,20H,14,18-19H2,1-4H3/b7-5+. The van der Waals surface area contributed by atoms with Crippen LogP contribution >= 0.6 is 0 Å². The first-order valence-corrected chi connectivity index (χ1v) is 10.3. The van der Waals surface area contributed by atoms with Crippen molar-refractivity contribution in [1.82, 2.24) is 14.9 Å². The quantitative estimate of drug-likeness (QED) is 0.464. The Morgan fingerprint density at radius 2 is 2.06 bits per heavy atom. The van der Waals surface area contributed by atoms with Gasteiger partial charge in [-0.1, -0.05) is 30.0 Å². The summed E-state index contributed by atoms with van der Waals surface area (Å²) in [5.41, 5.74) is 2.99. The fraction of sp³-hybridized carbons (Fsp3) is 0.308. The summed E-state index contributed by atoms with van der Waals surface area (Å²) in [6, 6.07) is 12.0. The van der Waals surface area contributed by atoms with Gasteiger partial charge in [0.1, 0.15) is 12.4 Å². The maximum absolute atomic E-state index is 5.97. The largest absolute Gasteiger partial charge is 0.487 e. The normalized spacial score (nSPS) is 11.5. The van der Waals surface area contributed by atoms with Gasteiger partial charge >= 0.3 is 0 Å². The van der Waals surface area contributed by atoms with E-state index in [-0.39, 0.29) is 5.41 Å². The molecular formula is C26H29N3O2. The first-order chi connectivity index (χ1) is 14.9. The molecule has 0 bridgehead atoms. The van der Waals surface area contributed by atoms with Gasteiger partial charge < -0.3 is 9.15 Å². The van der Waals surface area contributed by atoms with E-state index in [4.69, 9.17) is 9.15 Å². The van der Waals surface area contributed by atoms with Crippen molar-refractivity contribution in [2.24, 2.45) is 5.41 Å². The van der Waals surface area contributed by atoms with Crippen LogP contribution in [-0.4, -0.2) is 28.5 Å². The third-order valence-electron chi connectivity index (χ3n) is 4.34. The predicted molar refractivity (Wildman–Crippen MR) is 123 cm³/mol. The van der Waals surface area contributed by atoms with Crippen molar-refractivity contribution in [3.05, 3.63) is 78.6 Å². The van der Waals surface area contributed by atoms with Gasteiger partial charge in [0.15, 0.2) is 12.2 Å². The van der Waals surface area contributed by atoms with Crippen LogP contribution in [0, 0.1) is 17.3 Å². The monoisotopic (exact) mass is 415 g/mol. The van der Waals surface area contributed by atoms with E-state index in [2.05, 4.69) is 72.7 Å². The van der Waals surface area contributed by atoms with Crippen LogP contribution in [0.3, 0.4) is 0 Å². The summed E-state index contributed by atoms with van der Waals surface area (Å²) >= 11 is 0. The molecule has 0 spiro atoms. The smallest absolute Gasteiger partial charge is 0.181 e. The highest BCUT2D eigenvalue weighted by atomic mass is 16.5. The molecule has 3 aromatic rings. The van der Waals surface area contributed by atoms with Crippen molar-refractivity contribution in [3.8, 4) is 28.9 Å². The average molecular weight is 416 g/mol. The Balaban J connectivity index is 1.53. The van der Waals surface area contributed by atoms with Gasteiger partial charge in [0.05, 0.1) is 11.9 Å². The van der Waals surface area contributed by atoms with E-state index in [0.29, 0.717) is 12.4 Å². The van der Waals surface area contributed by atoms with E-state index in [1.165, 1.54) is 12.0 Å². The molecule has 0 aliphatic rings. The number of hydrogen-bond acceptors (Lipinski definition) is 5. The lowest BCUT2D eigenvalue weighted by molar-refractivity contribution is 0.300. The predicted octanol–water partition coefficient (Wildman–Crippen LogP) is 5.35. The highest BCUT2D eigenvalue weighted by Gasteiger charge is 2.06. The van der Waals surface area contributed by atoms with Crippen LogP contribution in [0.1, 0.15) is 32.0 Å². The zero-order valence-corrected chi connectivity index (χ0v) is 18.6. The molecule has 3 rings (SSSR count). The van der Waals surface area contributed by atoms with Gasteiger partial charge in [0, 0.05) is 30.3 Å². The number of allylic oxidation sites excluding steroid dienone is 1. The van der Waals surface area contributed by atoms with Gasteiger partial charge in [-0.25, -0.2) is 4.98 Å². The lowest BCUT2D eigenvalue weighted by atomic mass is 9.98. The molecule has 2 aromatic heterocycles. The topological polar surface area (TPSA) is 51.4 Å². The third kappa shape index (κ3) is 7.76. The van der Waals surface area contributed by atoms with Crippen molar-refractivity contribution in [3.63, 3.8) is 0 Å². The van der Waals surface area contributed by atoms with Crippen LogP contribution in [0.4, 0.5) is 0 Å². The second kappa shape index (κ2) is 10.6. The van der Waals surface area contributed by atoms with Crippen LogP contribution < -0.4 is 4.74 Å². The molecule has 1 aromatic carbocycles. The van der Waals surface area contributed by atoms with Gasteiger partial charge in [0.2, 0.25) is 0 Å². The Morgan fingerprint density at radius 1 is 1.19 bits per heavy atom. The molecule has 160 valence electrons. The number of benzene rings is 1. The Labute approximate surface area is 184 Å². The van der Waals surface area contributed by atoms with E-state index in [1.54, 1.807) is 12.4 Å². The third-order valence-corrected chi connectivity index (χ3v) is 4.34. The number of nitrogens with zero attached hydrogens (tertiary/aromatic N) is 3. The molecule has 0 N–H and O–H groups in total. The summed E-state index contributed by atoms with van der Waals surface area (Å²) in [5.74, 6) is 7.85. The fourth-order valence-electron chi connectivity index (χ4n) is 2.89. The minimum absolute atomic E-state index is 0.0312. The van der Waals surface area contributed by atoms with Crippen molar-refractivity contribution >= 4 is 0 Å². The summed E-state index contributed by atoms with van der Waals surface area (Å²) in [4.78, 5) is 10.6. The molecule has 0 saturated heterocycles. The first kappa shape index (κ1) is 22.3. The summed E-state index contributed by atoms with van der Waals surface area (Å²) < 4.78 is 11.3. The molecule has 0 amide bonds. The summed E-state index contributed by atoms with van der Waals surface area (Å²) in [7, 11) is 2.09. The van der Waals surface area contributed by atoms with E-state index in [1.807, 2.05) is 30.3 Å². The highest BCUT2D eigenvalue weighted by molar-refractivity contribution is 5.55. The van der Waals surface area contributed by atoms with Gasteiger partial charge in [-0.15, -0.1) is 0 Å². The highest BCUT2D eigenvalue weighted by Crippen LogP contribution is 2.20. The second-order valence-corrected chi connectivity index (χ2v) is 8.46. The number of rotatable bonds is 8. The average Bonchev–Trinajstić information content (AvgIpc) is 3.27. The molecule has 0 fully saturated rings. The van der Waals surface area contributed by atoms with Crippen LogP contribution in [0.15, 0.2) is 71.8 Å². The Kier molecular flexibility index (Phi) is 7.64. The molecule has 0 aliphatic heterocycles. The van der Waals surface area contributed by atoms with Crippen molar-refractivity contribution in [1.29, 1.82) is 0 Å². The summed E-state index contributed by atoms with van der Waals surface area (Å²) in [6.07, 6.45) is 8.88. The zero-order valence-electron chi connectivity index (χ0n) is 18.6. The number of hydrogen-bond donors (Lipinski definition) is 0. The summed E-state index contributed by atoms with van der Waals surface area (Å²) in [5, 5.41) is 0. The van der Waals surface area contributed by atoms with E-state index >= 15 is 0 Å². The second-order valence-electron chi connectivity index (χ2n) is 8.46. The summed E-state index contributed by atoms with van der Waals surface area (Å²) in [6.45, 7) is 8.38. The fourth-order valence-corrected chi connectivity index (χ4v) is 2.89. The lowest BCUT2D eigenvalue weighted by Crippen LogP contribution is -2.17. The van der Waals surface area contributed by atoms with Crippen LogP contribution in [0.5, 0.6) is 5.75 Å². The van der Waals surface area contributed by atoms with Gasteiger partial charge in [-0.2, -0.15) is 0 Å². The Morgan fingerprint density at radius 3 is 2.84 bits per heavy atom. The van der Waals surface area contributed by atoms with Gasteiger partial charge in [-0.3, -0.25) is 9.88 Å². The van der Waals surface area contributed by atoms with E-state index < -0.39 is 0 Å². The molecule has 31 heavy (non-hydrogen) atoms. The maximum Gasteiger partial charge on any atom is 0.181 e. The zero-order chi connectivity index (χ0) is 22.1. The van der Waals surface area contributed by atoms with Gasteiger partial charge in [-0.05, 0) is 63.7 Å². The van der Waals surface area contributed by atoms with Crippen LogP contribution in [0.25, 0.3) is 11.3 Å². The molecule has 0 saturated carbocycles. The molecule has 5 nitrogen and oxygen atoms in total.